The third-order valence-electron chi connectivity index (χ3n) is 1.15. The van der Waals surface area contributed by atoms with Crippen molar-refractivity contribution in [2.45, 2.75) is 19.3 Å². The lowest BCUT2D eigenvalue weighted by atomic mass is 10.2. The predicted octanol–water partition coefficient (Wildman–Crippen LogP) is -0.682. The van der Waals surface area contributed by atoms with E-state index in [0.717, 1.165) is 0 Å². The molecule has 0 radical (unpaired) electrons. The van der Waals surface area contributed by atoms with E-state index in [0.29, 0.717) is 19.3 Å². The number of hydrogen-bond donors (Lipinski definition) is 2. The molecule has 9 heavy (non-hydrogen) atoms. The van der Waals surface area contributed by atoms with Crippen molar-refractivity contribution in [2.75, 3.05) is 0 Å². The van der Waals surface area contributed by atoms with Crippen LogP contribution in [0.1, 0.15) is 19.3 Å². The lowest BCUT2D eigenvalue weighted by Gasteiger charge is -1.97. The van der Waals surface area contributed by atoms with Crippen LogP contribution in [0.25, 0.3) is 0 Å². The second-order valence-electron chi connectivity index (χ2n) is 1.95. The summed E-state index contributed by atoms with van der Waals surface area (Å²) in [6.07, 6.45) is 1.54. The molecule has 0 atom stereocenters. The van der Waals surface area contributed by atoms with E-state index >= 15 is 0 Å². The summed E-state index contributed by atoms with van der Waals surface area (Å²) in [6.45, 7) is 0. The quantitative estimate of drug-likeness (QED) is 0.454. The maximum Gasteiger partial charge on any atom is 0.238 e. The Hall–Kier alpha value is -1.06. The van der Waals surface area contributed by atoms with E-state index in [1.165, 1.54) is 0 Å². The minimum Gasteiger partial charge on any atom is -0.273 e. The first-order valence-electron chi connectivity index (χ1n) is 2.87. The summed E-state index contributed by atoms with van der Waals surface area (Å²) in [6, 6.07) is 0. The van der Waals surface area contributed by atoms with Crippen molar-refractivity contribution in [3.05, 3.63) is 0 Å². The molecule has 0 spiro atoms. The second kappa shape index (κ2) is 2.48. The summed E-state index contributed by atoms with van der Waals surface area (Å²) in [5, 5.41) is 0. The molecule has 0 aromatic rings. The molecule has 0 aromatic carbocycles. The number of carbonyl (C=O) groups excluding carboxylic acids is 2. The van der Waals surface area contributed by atoms with Gasteiger partial charge < -0.3 is 0 Å². The molecule has 50 valence electrons. The van der Waals surface area contributed by atoms with Crippen LogP contribution >= 0.6 is 0 Å². The number of hydrazine groups is 1. The van der Waals surface area contributed by atoms with E-state index in [1.807, 2.05) is 0 Å². The summed E-state index contributed by atoms with van der Waals surface area (Å²) in [5.74, 6) is -0.221. The van der Waals surface area contributed by atoms with Gasteiger partial charge in [0.1, 0.15) is 0 Å². The molecular weight excluding hydrogens is 120 g/mol. The summed E-state index contributed by atoms with van der Waals surface area (Å²) in [5.41, 5.74) is 4.51. The third kappa shape index (κ3) is 1.71. The van der Waals surface area contributed by atoms with Crippen LogP contribution < -0.4 is 10.9 Å². The number of amides is 2. The summed E-state index contributed by atoms with van der Waals surface area (Å²) < 4.78 is 0. The number of nitrogens with one attached hydrogen (secondary N) is 2. The fourth-order valence-corrected chi connectivity index (χ4v) is 0.674. The van der Waals surface area contributed by atoms with Crippen LogP contribution in [0.5, 0.6) is 0 Å². The zero-order chi connectivity index (χ0) is 6.69. The Morgan fingerprint density at radius 2 is 1.44 bits per heavy atom. The molecular formula is C5H8N2O2. The smallest absolute Gasteiger partial charge is 0.238 e. The van der Waals surface area contributed by atoms with Crippen LogP contribution in [-0.4, -0.2) is 11.8 Å². The Bertz CT molecular complexity index is 128. The number of hydrogen-bond acceptors (Lipinski definition) is 2. The second-order valence-corrected chi connectivity index (χ2v) is 1.95. The largest absolute Gasteiger partial charge is 0.273 e. The van der Waals surface area contributed by atoms with Gasteiger partial charge in [0.15, 0.2) is 0 Å². The van der Waals surface area contributed by atoms with Crippen molar-refractivity contribution in [3.63, 3.8) is 0 Å². The van der Waals surface area contributed by atoms with Gasteiger partial charge in [0.2, 0.25) is 11.8 Å². The predicted molar refractivity (Wildman–Crippen MR) is 30.1 cm³/mol. The number of carbonyl (C=O) groups is 2. The first-order valence-corrected chi connectivity index (χ1v) is 2.87. The Kier molecular flexibility index (Phi) is 1.67. The molecule has 0 aliphatic carbocycles. The molecule has 4 nitrogen and oxygen atoms in total. The minimum absolute atomic E-state index is 0.110. The zero-order valence-corrected chi connectivity index (χ0v) is 4.94. The normalized spacial score (nSPS) is 20.0. The fraction of sp³-hybridized carbons (Fsp3) is 0.600. The lowest BCUT2D eigenvalue weighted by molar-refractivity contribution is -0.126. The molecule has 0 bridgehead atoms. The third-order valence-corrected chi connectivity index (χ3v) is 1.15. The first kappa shape index (κ1) is 6.07. The van der Waals surface area contributed by atoms with Crippen molar-refractivity contribution in [3.8, 4) is 0 Å². The van der Waals surface area contributed by atoms with Gasteiger partial charge in [0.05, 0.1) is 0 Å². The number of rotatable bonds is 0. The SMILES string of the molecule is O=C1CCCC(=O)NN1. The highest BCUT2D eigenvalue weighted by atomic mass is 16.2. The Balaban J connectivity index is 2.43. The van der Waals surface area contributed by atoms with Crippen molar-refractivity contribution in [2.24, 2.45) is 0 Å². The van der Waals surface area contributed by atoms with Crippen LogP contribution in [0.3, 0.4) is 0 Å². The van der Waals surface area contributed by atoms with Crippen molar-refractivity contribution < 1.29 is 9.59 Å². The van der Waals surface area contributed by atoms with Crippen LogP contribution in [0.2, 0.25) is 0 Å². The van der Waals surface area contributed by atoms with Gasteiger partial charge in [0, 0.05) is 12.8 Å². The van der Waals surface area contributed by atoms with Crippen LogP contribution in [0.15, 0.2) is 0 Å². The molecule has 1 fully saturated rings. The monoisotopic (exact) mass is 128 g/mol. The summed E-state index contributed by atoms with van der Waals surface area (Å²) in [4.78, 5) is 21.0. The van der Waals surface area contributed by atoms with Gasteiger partial charge in [-0.15, -0.1) is 0 Å². The van der Waals surface area contributed by atoms with Crippen LogP contribution in [-0.2, 0) is 9.59 Å². The van der Waals surface area contributed by atoms with E-state index in [4.69, 9.17) is 0 Å². The van der Waals surface area contributed by atoms with Gasteiger partial charge >= 0.3 is 0 Å². The maximum absolute atomic E-state index is 10.5. The molecule has 2 amide bonds. The van der Waals surface area contributed by atoms with Crippen molar-refractivity contribution in [1.82, 2.24) is 10.9 Å². The van der Waals surface area contributed by atoms with Crippen LogP contribution in [0, 0.1) is 0 Å². The molecule has 4 heteroatoms. The van der Waals surface area contributed by atoms with Gasteiger partial charge in [-0.25, -0.2) is 0 Å². The highest BCUT2D eigenvalue weighted by Gasteiger charge is 2.09. The fourth-order valence-electron chi connectivity index (χ4n) is 0.674. The van der Waals surface area contributed by atoms with Gasteiger partial charge in [-0.2, -0.15) is 0 Å². The van der Waals surface area contributed by atoms with Crippen LogP contribution in [0.4, 0.5) is 0 Å². The van der Waals surface area contributed by atoms with E-state index in [2.05, 4.69) is 10.9 Å². The average Bonchev–Trinajstić information content (AvgIpc) is 1.97. The topological polar surface area (TPSA) is 58.2 Å². The molecule has 0 aromatic heterocycles. The molecule has 1 aliphatic rings. The highest BCUT2D eigenvalue weighted by molar-refractivity contribution is 5.84. The highest BCUT2D eigenvalue weighted by Crippen LogP contribution is 1.96. The molecule has 1 aliphatic heterocycles. The van der Waals surface area contributed by atoms with Crippen molar-refractivity contribution in [1.29, 1.82) is 0 Å². The Labute approximate surface area is 52.6 Å². The lowest BCUT2D eigenvalue weighted by Crippen LogP contribution is -2.38. The van der Waals surface area contributed by atoms with Gasteiger partial charge in [-0.05, 0) is 6.42 Å². The Morgan fingerprint density at radius 1 is 1.00 bits per heavy atom. The molecule has 1 saturated heterocycles. The molecule has 0 saturated carbocycles. The van der Waals surface area contributed by atoms with E-state index in [9.17, 15) is 9.59 Å². The molecule has 1 rings (SSSR count). The molecule has 0 unspecified atom stereocenters. The minimum atomic E-state index is -0.110. The van der Waals surface area contributed by atoms with Gasteiger partial charge in [-0.3, -0.25) is 20.4 Å². The molecule has 2 N–H and O–H groups in total. The van der Waals surface area contributed by atoms with Crippen molar-refractivity contribution >= 4 is 11.8 Å². The van der Waals surface area contributed by atoms with Gasteiger partial charge in [-0.1, -0.05) is 0 Å². The summed E-state index contributed by atoms with van der Waals surface area (Å²) in [7, 11) is 0. The van der Waals surface area contributed by atoms with Gasteiger partial charge in [0.25, 0.3) is 0 Å². The average molecular weight is 128 g/mol. The molecule has 1 heterocycles. The first-order chi connectivity index (χ1) is 4.29. The zero-order valence-electron chi connectivity index (χ0n) is 4.94. The summed E-state index contributed by atoms with van der Waals surface area (Å²) >= 11 is 0. The van der Waals surface area contributed by atoms with E-state index in [1.54, 1.807) is 0 Å². The van der Waals surface area contributed by atoms with E-state index in [-0.39, 0.29) is 11.8 Å². The Morgan fingerprint density at radius 3 is 1.89 bits per heavy atom. The maximum atomic E-state index is 10.5. The standard InChI is InChI=1S/C5H8N2O2/c8-4-2-1-3-5(9)7-6-4/h1-3H2,(H,6,8)(H,7,9). The van der Waals surface area contributed by atoms with E-state index < -0.39 is 0 Å².